The zero-order chi connectivity index (χ0) is 11.9. The summed E-state index contributed by atoms with van der Waals surface area (Å²) in [6.45, 7) is 3.88. The van der Waals surface area contributed by atoms with Crippen molar-refractivity contribution in [2.75, 3.05) is 18.4 Å². The van der Waals surface area contributed by atoms with Crippen molar-refractivity contribution in [1.82, 2.24) is 5.32 Å². The number of aryl methyl sites for hydroxylation is 1. The molecule has 0 saturated carbocycles. The van der Waals surface area contributed by atoms with Gasteiger partial charge in [-0.2, -0.15) is 0 Å². The topological polar surface area (TPSA) is 41.1 Å². The second-order valence-corrected chi connectivity index (χ2v) is 5.05. The summed E-state index contributed by atoms with van der Waals surface area (Å²) in [4.78, 5) is 12.3. The van der Waals surface area contributed by atoms with Crippen LogP contribution in [-0.2, 0) is 16.6 Å². The summed E-state index contributed by atoms with van der Waals surface area (Å²) in [7, 11) is 0. The summed E-state index contributed by atoms with van der Waals surface area (Å²) < 4.78 is 0. The molecule has 2 heterocycles. The van der Waals surface area contributed by atoms with Gasteiger partial charge in [0.1, 0.15) is 0 Å². The SMILES string of the molecule is CCCc1cccc2c1NC(=O)C21CCNC1. The Hall–Kier alpha value is -1.35. The van der Waals surface area contributed by atoms with Gasteiger partial charge in [0.2, 0.25) is 5.91 Å². The molecule has 1 amide bonds. The molecule has 3 nitrogen and oxygen atoms in total. The van der Waals surface area contributed by atoms with Crippen LogP contribution in [0.4, 0.5) is 5.69 Å². The molecule has 1 unspecified atom stereocenters. The molecule has 3 heteroatoms. The molecule has 0 radical (unpaired) electrons. The molecular weight excluding hydrogens is 212 g/mol. The molecule has 0 aliphatic carbocycles. The van der Waals surface area contributed by atoms with Crippen LogP contribution in [0.15, 0.2) is 18.2 Å². The Morgan fingerprint density at radius 2 is 2.29 bits per heavy atom. The average Bonchev–Trinajstić information content (AvgIpc) is 2.91. The predicted molar refractivity (Wildman–Crippen MR) is 68.2 cm³/mol. The van der Waals surface area contributed by atoms with Crippen LogP contribution in [0.25, 0.3) is 0 Å². The molecule has 1 spiro atoms. The highest BCUT2D eigenvalue weighted by molar-refractivity contribution is 6.07. The van der Waals surface area contributed by atoms with E-state index in [9.17, 15) is 4.79 Å². The molecule has 1 saturated heterocycles. The Labute approximate surface area is 102 Å². The fraction of sp³-hybridized carbons (Fsp3) is 0.500. The number of para-hydroxylation sites is 1. The Morgan fingerprint density at radius 1 is 1.41 bits per heavy atom. The van der Waals surface area contributed by atoms with Crippen LogP contribution in [0.1, 0.15) is 30.9 Å². The summed E-state index contributed by atoms with van der Waals surface area (Å²) in [5, 5.41) is 6.42. The van der Waals surface area contributed by atoms with Gasteiger partial charge in [-0.25, -0.2) is 0 Å². The number of amides is 1. The van der Waals surface area contributed by atoms with Crippen LogP contribution < -0.4 is 10.6 Å². The van der Waals surface area contributed by atoms with Crippen molar-refractivity contribution in [3.05, 3.63) is 29.3 Å². The average molecular weight is 230 g/mol. The molecule has 90 valence electrons. The first-order chi connectivity index (χ1) is 8.28. The minimum Gasteiger partial charge on any atom is -0.325 e. The largest absolute Gasteiger partial charge is 0.325 e. The predicted octanol–water partition coefficient (Wildman–Crippen LogP) is 1.82. The van der Waals surface area contributed by atoms with Gasteiger partial charge < -0.3 is 10.6 Å². The number of anilines is 1. The van der Waals surface area contributed by atoms with Gasteiger partial charge >= 0.3 is 0 Å². The van der Waals surface area contributed by atoms with E-state index in [1.807, 2.05) is 0 Å². The number of carbonyl (C=O) groups excluding carboxylic acids is 1. The van der Waals surface area contributed by atoms with E-state index in [0.717, 1.165) is 38.0 Å². The van der Waals surface area contributed by atoms with Gasteiger partial charge in [0, 0.05) is 12.2 Å². The molecular formula is C14H18N2O. The zero-order valence-electron chi connectivity index (χ0n) is 10.2. The van der Waals surface area contributed by atoms with Crippen LogP contribution in [0, 0.1) is 0 Å². The highest BCUT2D eigenvalue weighted by Gasteiger charge is 2.48. The quantitative estimate of drug-likeness (QED) is 0.813. The van der Waals surface area contributed by atoms with Crippen molar-refractivity contribution in [1.29, 1.82) is 0 Å². The van der Waals surface area contributed by atoms with E-state index in [1.54, 1.807) is 0 Å². The van der Waals surface area contributed by atoms with Gasteiger partial charge in [0.05, 0.1) is 5.41 Å². The highest BCUT2D eigenvalue weighted by Crippen LogP contribution is 2.43. The van der Waals surface area contributed by atoms with Crippen LogP contribution in [0.5, 0.6) is 0 Å². The second-order valence-electron chi connectivity index (χ2n) is 5.05. The minimum atomic E-state index is -0.293. The highest BCUT2D eigenvalue weighted by atomic mass is 16.2. The lowest BCUT2D eigenvalue weighted by Gasteiger charge is -2.19. The Morgan fingerprint density at radius 3 is 3.00 bits per heavy atom. The second kappa shape index (κ2) is 3.84. The van der Waals surface area contributed by atoms with E-state index in [4.69, 9.17) is 0 Å². The Kier molecular flexibility index (Phi) is 2.44. The maximum absolute atomic E-state index is 12.3. The van der Waals surface area contributed by atoms with Crippen molar-refractivity contribution >= 4 is 11.6 Å². The van der Waals surface area contributed by atoms with E-state index in [-0.39, 0.29) is 11.3 Å². The lowest BCUT2D eigenvalue weighted by atomic mass is 9.80. The molecule has 3 rings (SSSR count). The zero-order valence-corrected chi connectivity index (χ0v) is 10.2. The van der Waals surface area contributed by atoms with Crippen LogP contribution in [-0.4, -0.2) is 19.0 Å². The maximum Gasteiger partial charge on any atom is 0.236 e. The Bertz CT molecular complexity index is 461. The number of nitrogens with one attached hydrogen (secondary N) is 2. The van der Waals surface area contributed by atoms with Gasteiger partial charge in [-0.3, -0.25) is 4.79 Å². The van der Waals surface area contributed by atoms with Gasteiger partial charge in [-0.05, 0) is 30.5 Å². The smallest absolute Gasteiger partial charge is 0.236 e. The maximum atomic E-state index is 12.3. The van der Waals surface area contributed by atoms with Gasteiger partial charge in [0.25, 0.3) is 0 Å². The lowest BCUT2D eigenvalue weighted by molar-refractivity contribution is -0.120. The van der Waals surface area contributed by atoms with Crippen LogP contribution in [0.3, 0.4) is 0 Å². The number of fused-ring (bicyclic) bond motifs is 2. The standard InChI is InChI=1S/C14H18N2O/c1-2-4-10-5-3-6-11-12(10)16-13(17)14(11)7-8-15-9-14/h3,5-6,15H,2,4,7-9H2,1H3,(H,16,17). The van der Waals surface area contributed by atoms with Crippen molar-refractivity contribution in [3.8, 4) is 0 Å². The molecule has 2 N–H and O–H groups in total. The molecule has 1 aromatic rings. The van der Waals surface area contributed by atoms with E-state index >= 15 is 0 Å². The Balaban J connectivity index is 2.11. The molecule has 1 aromatic carbocycles. The fourth-order valence-electron chi connectivity index (χ4n) is 3.10. The lowest BCUT2D eigenvalue weighted by Crippen LogP contribution is -2.36. The molecule has 17 heavy (non-hydrogen) atoms. The summed E-state index contributed by atoms with van der Waals surface area (Å²) in [5.74, 6) is 0.182. The van der Waals surface area contributed by atoms with Crippen molar-refractivity contribution in [3.63, 3.8) is 0 Å². The molecule has 0 aromatic heterocycles. The van der Waals surface area contributed by atoms with E-state index in [0.29, 0.717) is 0 Å². The van der Waals surface area contributed by atoms with E-state index in [1.165, 1.54) is 11.1 Å². The fourth-order valence-corrected chi connectivity index (χ4v) is 3.10. The van der Waals surface area contributed by atoms with Crippen LogP contribution in [0.2, 0.25) is 0 Å². The molecule has 1 atom stereocenters. The number of benzene rings is 1. The number of carbonyl (C=O) groups is 1. The number of hydrogen-bond donors (Lipinski definition) is 2. The first-order valence-electron chi connectivity index (χ1n) is 6.42. The molecule has 0 bridgehead atoms. The van der Waals surface area contributed by atoms with Gasteiger partial charge in [-0.15, -0.1) is 0 Å². The van der Waals surface area contributed by atoms with Crippen molar-refractivity contribution in [2.45, 2.75) is 31.6 Å². The monoisotopic (exact) mass is 230 g/mol. The number of hydrogen-bond acceptors (Lipinski definition) is 2. The van der Waals surface area contributed by atoms with Crippen molar-refractivity contribution in [2.24, 2.45) is 0 Å². The molecule has 1 fully saturated rings. The van der Waals surface area contributed by atoms with Gasteiger partial charge in [-0.1, -0.05) is 31.5 Å². The summed E-state index contributed by atoms with van der Waals surface area (Å²) >= 11 is 0. The third-order valence-electron chi connectivity index (χ3n) is 4.01. The van der Waals surface area contributed by atoms with Crippen LogP contribution >= 0.6 is 0 Å². The first-order valence-corrected chi connectivity index (χ1v) is 6.42. The number of rotatable bonds is 2. The van der Waals surface area contributed by atoms with Crippen molar-refractivity contribution < 1.29 is 4.79 Å². The summed E-state index contributed by atoms with van der Waals surface area (Å²) in [6, 6.07) is 6.33. The minimum absolute atomic E-state index is 0.182. The third kappa shape index (κ3) is 1.42. The third-order valence-corrected chi connectivity index (χ3v) is 4.01. The summed E-state index contributed by atoms with van der Waals surface area (Å²) in [6.07, 6.45) is 3.06. The van der Waals surface area contributed by atoms with Gasteiger partial charge in [0.15, 0.2) is 0 Å². The normalized spacial score (nSPS) is 26.3. The first kappa shape index (κ1) is 10.8. The molecule has 2 aliphatic rings. The van der Waals surface area contributed by atoms with E-state index < -0.39 is 0 Å². The van der Waals surface area contributed by atoms with E-state index in [2.05, 4.69) is 35.8 Å². The summed E-state index contributed by atoms with van der Waals surface area (Å²) in [5.41, 5.74) is 3.28. The molecule has 2 aliphatic heterocycles.